The fourth-order valence-corrected chi connectivity index (χ4v) is 3.51. The number of benzene rings is 1. The molecule has 28 heavy (non-hydrogen) atoms. The molecular formula is C22H30N4O2. The number of nitrogens with one attached hydrogen (secondary N) is 1. The van der Waals surface area contributed by atoms with Gasteiger partial charge in [0.1, 0.15) is 5.82 Å². The standard InChI is InChI=1S/C22H30N4O2/c1-25(2)21-11-10-20(15-23-21)24-19-5-4-13-26(14-12-19)22(27)18-8-6-17(7-9-18)16-28-3/h6-11,15,19,24H,4-5,12-14,16H2,1-3H3/t19-/m0/s1. The Hall–Kier alpha value is -2.60. The first-order valence-electron chi connectivity index (χ1n) is 9.84. The number of carbonyl (C=O) groups is 1. The summed E-state index contributed by atoms with van der Waals surface area (Å²) in [4.78, 5) is 21.3. The van der Waals surface area contributed by atoms with Crippen LogP contribution in [0.2, 0.25) is 0 Å². The lowest BCUT2D eigenvalue weighted by atomic mass is 10.1. The van der Waals surface area contributed by atoms with Gasteiger partial charge in [-0.2, -0.15) is 0 Å². The van der Waals surface area contributed by atoms with E-state index >= 15 is 0 Å². The van der Waals surface area contributed by atoms with Crippen molar-refractivity contribution in [2.75, 3.05) is 44.5 Å². The second-order valence-electron chi connectivity index (χ2n) is 7.49. The first kappa shape index (κ1) is 20.1. The average molecular weight is 383 g/mol. The molecule has 1 atom stereocenters. The molecule has 1 aromatic carbocycles. The Morgan fingerprint density at radius 3 is 2.61 bits per heavy atom. The van der Waals surface area contributed by atoms with E-state index in [1.54, 1.807) is 7.11 Å². The third kappa shape index (κ3) is 5.23. The van der Waals surface area contributed by atoms with Crippen molar-refractivity contribution in [2.45, 2.75) is 31.9 Å². The number of rotatable bonds is 6. The van der Waals surface area contributed by atoms with Crippen molar-refractivity contribution in [3.63, 3.8) is 0 Å². The van der Waals surface area contributed by atoms with Crippen LogP contribution in [0.4, 0.5) is 11.5 Å². The maximum atomic E-state index is 12.8. The van der Waals surface area contributed by atoms with Crippen molar-refractivity contribution in [3.05, 3.63) is 53.7 Å². The zero-order valence-electron chi connectivity index (χ0n) is 17.0. The molecule has 150 valence electrons. The number of ether oxygens (including phenoxy) is 1. The zero-order chi connectivity index (χ0) is 19.9. The highest BCUT2D eigenvalue weighted by molar-refractivity contribution is 5.94. The number of hydrogen-bond donors (Lipinski definition) is 1. The Morgan fingerprint density at radius 1 is 1.18 bits per heavy atom. The highest BCUT2D eigenvalue weighted by atomic mass is 16.5. The van der Waals surface area contributed by atoms with E-state index in [0.29, 0.717) is 12.6 Å². The summed E-state index contributed by atoms with van der Waals surface area (Å²) in [5, 5.41) is 3.57. The van der Waals surface area contributed by atoms with Crippen molar-refractivity contribution in [2.24, 2.45) is 0 Å². The average Bonchev–Trinajstić information content (AvgIpc) is 2.94. The summed E-state index contributed by atoms with van der Waals surface area (Å²) in [7, 11) is 5.64. The number of aromatic nitrogens is 1. The summed E-state index contributed by atoms with van der Waals surface area (Å²) in [5.41, 5.74) is 2.85. The molecule has 1 aliphatic heterocycles. The van der Waals surface area contributed by atoms with Crippen molar-refractivity contribution in [1.29, 1.82) is 0 Å². The number of nitrogens with zero attached hydrogens (tertiary/aromatic N) is 3. The first-order chi connectivity index (χ1) is 13.6. The molecule has 1 fully saturated rings. The van der Waals surface area contributed by atoms with E-state index in [4.69, 9.17) is 4.74 Å². The molecule has 0 bridgehead atoms. The summed E-state index contributed by atoms with van der Waals surface area (Å²) in [6, 6.07) is 12.2. The summed E-state index contributed by atoms with van der Waals surface area (Å²) >= 11 is 0. The lowest BCUT2D eigenvalue weighted by Crippen LogP contribution is -2.32. The van der Waals surface area contributed by atoms with E-state index in [2.05, 4.69) is 16.4 Å². The van der Waals surface area contributed by atoms with Crippen LogP contribution in [0.25, 0.3) is 0 Å². The van der Waals surface area contributed by atoms with Crippen LogP contribution in [0.5, 0.6) is 0 Å². The van der Waals surface area contributed by atoms with Gasteiger partial charge in [-0.15, -0.1) is 0 Å². The van der Waals surface area contributed by atoms with Gasteiger partial charge in [0.15, 0.2) is 0 Å². The van der Waals surface area contributed by atoms with Crippen LogP contribution >= 0.6 is 0 Å². The molecule has 0 radical (unpaired) electrons. The molecule has 1 amide bonds. The highest BCUT2D eigenvalue weighted by Gasteiger charge is 2.21. The van der Waals surface area contributed by atoms with E-state index in [0.717, 1.165) is 55.0 Å². The van der Waals surface area contributed by atoms with Gasteiger partial charge >= 0.3 is 0 Å². The Morgan fingerprint density at radius 2 is 1.96 bits per heavy atom. The molecule has 1 saturated heterocycles. The van der Waals surface area contributed by atoms with Crippen molar-refractivity contribution < 1.29 is 9.53 Å². The van der Waals surface area contributed by atoms with E-state index < -0.39 is 0 Å². The minimum absolute atomic E-state index is 0.113. The number of likely N-dealkylation sites (tertiary alicyclic amines) is 1. The number of carbonyl (C=O) groups excluding carboxylic acids is 1. The van der Waals surface area contributed by atoms with Gasteiger partial charge in [0.25, 0.3) is 5.91 Å². The maximum Gasteiger partial charge on any atom is 0.253 e. The Balaban J connectivity index is 1.55. The third-order valence-electron chi connectivity index (χ3n) is 5.10. The van der Waals surface area contributed by atoms with Gasteiger partial charge in [-0.3, -0.25) is 4.79 Å². The monoisotopic (exact) mass is 382 g/mol. The molecule has 2 aromatic rings. The maximum absolute atomic E-state index is 12.8. The van der Waals surface area contributed by atoms with E-state index in [9.17, 15) is 4.79 Å². The predicted octanol–water partition coefficient (Wildman–Crippen LogP) is 3.40. The van der Waals surface area contributed by atoms with Gasteiger partial charge in [0, 0.05) is 45.9 Å². The quantitative estimate of drug-likeness (QED) is 0.830. The van der Waals surface area contributed by atoms with Crippen LogP contribution in [0.15, 0.2) is 42.6 Å². The van der Waals surface area contributed by atoms with Gasteiger partial charge in [0.2, 0.25) is 0 Å². The smallest absolute Gasteiger partial charge is 0.253 e. The zero-order valence-corrected chi connectivity index (χ0v) is 17.0. The Kier molecular flexibility index (Phi) is 6.87. The largest absolute Gasteiger partial charge is 0.381 e. The number of methoxy groups -OCH3 is 1. The second kappa shape index (κ2) is 9.55. The fraction of sp³-hybridized carbons (Fsp3) is 0.455. The fourth-order valence-electron chi connectivity index (χ4n) is 3.51. The summed E-state index contributed by atoms with van der Waals surface area (Å²) in [6.45, 7) is 2.13. The Bertz CT molecular complexity index is 759. The Labute approximate surface area is 167 Å². The van der Waals surface area contributed by atoms with Crippen LogP contribution in [0.3, 0.4) is 0 Å². The minimum atomic E-state index is 0.113. The molecular weight excluding hydrogens is 352 g/mol. The molecule has 1 aromatic heterocycles. The van der Waals surface area contributed by atoms with Crippen LogP contribution < -0.4 is 10.2 Å². The normalized spacial score (nSPS) is 17.1. The molecule has 6 nitrogen and oxygen atoms in total. The second-order valence-corrected chi connectivity index (χ2v) is 7.49. The number of amides is 1. The number of hydrogen-bond acceptors (Lipinski definition) is 5. The van der Waals surface area contributed by atoms with E-state index in [-0.39, 0.29) is 5.91 Å². The molecule has 6 heteroatoms. The van der Waals surface area contributed by atoms with Crippen molar-refractivity contribution >= 4 is 17.4 Å². The summed E-state index contributed by atoms with van der Waals surface area (Å²) in [5.74, 6) is 1.06. The van der Waals surface area contributed by atoms with Gasteiger partial charge in [-0.1, -0.05) is 12.1 Å². The molecule has 2 heterocycles. The molecule has 0 aliphatic carbocycles. The van der Waals surface area contributed by atoms with Gasteiger partial charge in [-0.05, 0) is 49.1 Å². The first-order valence-corrected chi connectivity index (χ1v) is 9.84. The summed E-state index contributed by atoms with van der Waals surface area (Å²) < 4.78 is 5.13. The lowest BCUT2D eigenvalue weighted by Gasteiger charge is -2.21. The molecule has 0 saturated carbocycles. The highest BCUT2D eigenvalue weighted by Crippen LogP contribution is 2.19. The topological polar surface area (TPSA) is 57.7 Å². The SMILES string of the molecule is COCc1ccc(C(=O)N2CCC[C@H](Nc3ccc(N(C)C)nc3)CC2)cc1. The van der Waals surface area contributed by atoms with E-state index in [1.807, 2.05) is 60.4 Å². The van der Waals surface area contributed by atoms with Gasteiger partial charge in [0.05, 0.1) is 18.5 Å². The van der Waals surface area contributed by atoms with Crippen molar-refractivity contribution in [3.8, 4) is 0 Å². The predicted molar refractivity (Wildman–Crippen MR) is 113 cm³/mol. The third-order valence-corrected chi connectivity index (χ3v) is 5.10. The molecule has 0 spiro atoms. The molecule has 1 aliphatic rings. The minimum Gasteiger partial charge on any atom is -0.381 e. The molecule has 3 rings (SSSR count). The van der Waals surface area contributed by atoms with Crippen molar-refractivity contribution in [1.82, 2.24) is 9.88 Å². The van der Waals surface area contributed by atoms with Gasteiger partial charge in [-0.25, -0.2) is 4.98 Å². The van der Waals surface area contributed by atoms with Gasteiger partial charge < -0.3 is 19.9 Å². The number of pyridine rings is 1. The molecule has 1 N–H and O–H groups in total. The van der Waals surface area contributed by atoms with Crippen LogP contribution in [-0.4, -0.2) is 56.1 Å². The molecule has 0 unspecified atom stereocenters. The summed E-state index contributed by atoms with van der Waals surface area (Å²) in [6.07, 6.45) is 4.86. The lowest BCUT2D eigenvalue weighted by molar-refractivity contribution is 0.0761. The van der Waals surface area contributed by atoms with Crippen LogP contribution in [-0.2, 0) is 11.3 Å². The van der Waals surface area contributed by atoms with Crippen LogP contribution in [0, 0.1) is 0 Å². The van der Waals surface area contributed by atoms with E-state index in [1.165, 1.54) is 0 Å². The number of anilines is 2. The van der Waals surface area contributed by atoms with Crippen LogP contribution in [0.1, 0.15) is 35.2 Å².